The average molecular weight is 241 g/mol. The zero-order valence-corrected chi connectivity index (χ0v) is 11.0. The van der Waals surface area contributed by atoms with Gasteiger partial charge in [-0.25, -0.2) is 4.79 Å². The molecule has 98 valence electrons. The van der Waals surface area contributed by atoms with Gasteiger partial charge in [0.1, 0.15) is 5.60 Å². The van der Waals surface area contributed by atoms with E-state index in [1.54, 1.807) is 4.90 Å². The zero-order chi connectivity index (χ0) is 12.9. The van der Waals surface area contributed by atoms with Gasteiger partial charge in [-0.15, -0.1) is 0 Å². The van der Waals surface area contributed by atoms with Gasteiger partial charge in [0.2, 0.25) is 0 Å². The summed E-state index contributed by atoms with van der Waals surface area (Å²) in [6.07, 6.45) is 4.45. The second-order valence-electron chi connectivity index (χ2n) is 5.37. The summed E-state index contributed by atoms with van der Waals surface area (Å²) >= 11 is 0. The second-order valence-corrected chi connectivity index (χ2v) is 5.37. The fourth-order valence-corrected chi connectivity index (χ4v) is 1.74. The molecule has 0 aromatic heterocycles. The largest absolute Gasteiger partial charge is 0.444 e. The Morgan fingerprint density at radius 2 is 2.24 bits per heavy atom. The molecule has 0 unspecified atom stereocenters. The fraction of sp³-hybridized carbons (Fsp3) is 0.769. The van der Waals surface area contributed by atoms with Crippen molar-refractivity contribution in [3.8, 4) is 0 Å². The van der Waals surface area contributed by atoms with E-state index in [-0.39, 0.29) is 12.7 Å². The maximum Gasteiger partial charge on any atom is 0.410 e. The van der Waals surface area contributed by atoms with Crippen molar-refractivity contribution in [1.29, 1.82) is 0 Å². The number of amides is 1. The molecular weight excluding hydrogens is 218 g/mol. The number of rotatable bonds is 3. The second kappa shape index (κ2) is 6.05. The Balaban J connectivity index is 2.40. The summed E-state index contributed by atoms with van der Waals surface area (Å²) in [6, 6.07) is 0. The maximum atomic E-state index is 11.8. The van der Waals surface area contributed by atoms with Crippen molar-refractivity contribution >= 4 is 6.09 Å². The van der Waals surface area contributed by atoms with Crippen molar-refractivity contribution in [3.63, 3.8) is 0 Å². The van der Waals surface area contributed by atoms with Crippen LogP contribution in [0.2, 0.25) is 0 Å². The molecular formula is C13H23NO3. The third-order valence-corrected chi connectivity index (χ3v) is 2.61. The van der Waals surface area contributed by atoms with Gasteiger partial charge in [-0.2, -0.15) is 0 Å². The molecule has 0 aromatic rings. The highest BCUT2D eigenvalue weighted by molar-refractivity contribution is 5.68. The van der Waals surface area contributed by atoms with E-state index in [1.165, 1.54) is 5.57 Å². The number of aliphatic hydroxyl groups excluding tert-OH is 1. The highest BCUT2D eigenvalue weighted by atomic mass is 16.6. The zero-order valence-electron chi connectivity index (χ0n) is 11.0. The molecule has 0 saturated carbocycles. The summed E-state index contributed by atoms with van der Waals surface area (Å²) in [6.45, 7) is 7.18. The quantitative estimate of drug-likeness (QED) is 0.771. The van der Waals surface area contributed by atoms with E-state index >= 15 is 0 Å². The van der Waals surface area contributed by atoms with Gasteiger partial charge in [-0.3, -0.25) is 0 Å². The summed E-state index contributed by atoms with van der Waals surface area (Å²) in [5, 5.41) is 8.75. The van der Waals surface area contributed by atoms with Crippen LogP contribution in [0.1, 0.15) is 40.0 Å². The number of carbonyl (C=O) groups is 1. The third-order valence-electron chi connectivity index (χ3n) is 2.61. The van der Waals surface area contributed by atoms with Gasteiger partial charge in [0.15, 0.2) is 0 Å². The lowest BCUT2D eigenvalue weighted by atomic mass is 10.0. The Morgan fingerprint density at radius 1 is 1.53 bits per heavy atom. The van der Waals surface area contributed by atoms with Crippen LogP contribution in [0, 0.1) is 0 Å². The van der Waals surface area contributed by atoms with E-state index in [1.807, 2.05) is 20.8 Å². The smallest absolute Gasteiger partial charge is 0.410 e. The first-order valence-electron chi connectivity index (χ1n) is 6.19. The Kier molecular flexibility index (Phi) is 5.00. The lowest BCUT2D eigenvalue weighted by Crippen LogP contribution is -2.39. The van der Waals surface area contributed by atoms with Gasteiger partial charge in [-0.05, 0) is 40.0 Å². The predicted octanol–water partition coefficient (Wildman–Crippen LogP) is 2.33. The first-order chi connectivity index (χ1) is 7.92. The highest BCUT2D eigenvalue weighted by Gasteiger charge is 2.23. The number of hydrogen-bond donors (Lipinski definition) is 1. The minimum atomic E-state index is -0.433. The van der Waals surface area contributed by atoms with Crippen LogP contribution in [0.4, 0.5) is 4.79 Å². The Bertz CT molecular complexity index is 292. The molecule has 1 rings (SSSR count). The van der Waals surface area contributed by atoms with Gasteiger partial charge in [-0.1, -0.05) is 11.6 Å². The molecule has 0 bridgehead atoms. The number of carbonyl (C=O) groups excluding carboxylic acids is 1. The van der Waals surface area contributed by atoms with Crippen LogP contribution < -0.4 is 0 Å². The lowest BCUT2D eigenvalue weighted by molar-refractivity contribution is 0.0265. The van der Waals surface area contributed by atoms with E-state index in [9.17, 15) is 4.79 Å². The van der Waals surface area contributed by atoms with E-state index in [0.717, 1.165) is 19.3 Å². The molecule has 1 aliphatic heterocycles. The van der Waals surface area contributed by atoms with Crippen LogP contribution in [0.3, 0.4) is 0 Å². The topological polar surface area (TPSA) is 49.8 Å². The van der Waals surface area contributed by atoms with Crippen LogP contribution in [0.25, 0.3) is 0 Å². The van der Waals surface area contributed by atoms with Crippen LogP contribution in [0.5, 0.6) is 0 Å². The lowest BCUT2D eigenvalue weighted by Gasteiger charge is -2.29. The highest BCUT2D eigenvalue weighted by Crippen LogP contribution is 2.18. The Hall–Kier alpha value is -1.03. The predicted molar refractivity (Wildman–Crippen MR) is 66.8 cm³/mol. The number of aliphatic hydroxyl groups is 1. The Labute approximate surface area is 103 Å². The van der Waals surface area contributed by atoms with Crippen LogP contribution >= 0.6 is 0 Å². The van der Waals surface area contributed by atoms with E-state index in [0.29, 0.717) is 13.1 Å². The Morgan fingerprint density at radius 3 is 2.71 bits per heavy atom. The molecule has 0 radical (unpaired) electrons. The van der Waals surface area contributed by atoms with Crippen LogP contribution in [-0.4, -0.2) is 41.4 Å². The van der Waals surface area contributed by atoms with E-state index < -0.39 is 5.60 Å². The first-order valence-corrected chi connectivity index (χ1v) is 6.19. The van der Waals surface area contributed by atoms with Gasteiger partial charge in [0, 0.05) is 19.7 Å². The summed E-state index contributed by atoms with van der Waals surface area (Å²) in [4.78, 5) is 13.5. The molecule has 0 fully saturated rings. The molecule has 17 heavy (non-hydrogen) atoms. The minimum absolute atomic E-state index is 0.229. The summed E-state index contributed by atoms with van der Waals surface area (Å²) < 4.78 is 5.31. The van der Waals surface area contributed by atoms with Crippen LogP contribution in [0.15, 0.2) is 11.6 Å². The summed E-state index contributed by atoms with van der Waals surface area (Å²) in [5.74, 6) is 0. The van der Waals surface area contributed by atoms with E-state index in [4.69, 9.17) is 9.84 Å². The molecule has 0 aliphatic carbocycles. The fourth-order valence-electron chi connectivity index (χ4n) is 1.74. The van der Waals surface area contributed by atoms with Crippen molar-refractivity contribution in [2.24, 2.45) is 0 Å². The molecule has 0 spiro atoms. The number of nitrogens with zero attached hydrogens (tertiary/aromatic N) is 1. The third kappa shape index (κ3) is 5.22. The van der Waals surface area contributed by atoms with Gasteiger partial charge < -0.3 is 14.7 Å². The van der Waals surface area contributed by atoms with E-state index in [2.05, 4.69) is 6.08 Å². The first kappa shape index (κ1) is 14.0. The van der Waals surface area contributed by atoms with Crippen molar-refractivity contribution in [3.05, 3.63) is 11.6 Å². The van der Waals surface area contributed by atoms with Gasteiger partial charge >= 0.3 is 6.09 Å². The van der Waals surface area contributed by atoms with Crippen molar-refractivity contribution < 1.29 is 14.6 Å². The number of hydrogen-bond acceptors (Lipinski definition) is 3. The van der Waals surface area contributed by atoms with Crippen molar-refractivity contribution in [1.82, 2.24) is 4.90 Å². The minimum Gasteiger partial charge on any atom is -0.444 e. The van der Waals surface area contributed by atoms with Gasteiger partial charge in [0.25, 0.3) is 0 Å². The SMILES string of the molecule is CC(C)(C)OC(=O)N1CC=C(CCCO)CC1. The molecule has 1 N–H and O–H groups in total. The molecule has 4 heteroatoms. The molecule has 0 aromatic carbocycles. The maximum absolute atomic E-state index is 11.8. The molecule has 4 nitrogen and oxygen atoms in total. The molecule has 0 saturated heterocycles. The monoisotopic (exact) mass is 241 g/mol. The molecule has 0 atom stereocenters. The standard InChI is InChI=1S/C13H23NO3/c1-13(2,3)17-12(16)14-8-6-11(7-9-14)5-4-10-15/h6,15H,4-5,7-10H2,1-3H3. The molecule has 1 aliphatic rings. The van der Waals surface area contributed by atoms with Crippen LogP contribution in [-0.2, 0) is 4.74 Å². The summed E-state index contributed by atoms with van der Waals surface area (Å²) in [5.41, 5.74) is 0.900. The normalized spacial score (nSPS) is 16.7. The van der Waals surface area contributed by atoms with Crippen molar-refractivity contribution in [2.45, 2.75) is 45.6 Å². The average Bonchev–Trinajstić information content (AvgIpc) is 2.24. The summed E-state index contributed by atoms with van der Waals surface area (Å²) in [7, 11) is 0. The van der Waals surface area contributed by atoms with Crippen molar-refractivity contribution in [2.75, 3.05) is 19.7 Å². The molecule has 1 amide bonds. The molecule has 1 heterocycles. The number of ether oxygens (including phenoxy) is 1. The van der Waals surface area contributed by atoms with Gasteiger partial charge in [0.05, 0.1) is 0 Å².